The molecule has 1 aromatic heterocycles. The molecule has 0 aliphatic carbocycles. The molecule has 1 unspecified atom stereocenters. The summed E-state index contributed by atoms with van der Waals surface area (Å²) in [5, 5.41) is 9.41. The summed E-state index contributed by atoms with van der Waals surface area (Å²) in [6.45, 7) is 4.13. The standard InChI is InChI=1S/C19H26N4O3S/c1-14-5-2-3-7-16(14)26-11-12-27-19-22-21-18(9-8-17(20)24)23(19)13-15-6-4-10-25-15/h2-3,5,7,15H,4,6,8-13H2,1H3,(H2,20,24). The Hall–Kier alpha value is -2.06. The van der Waals surface area contributed by atoms with Gasteiger partial charge >= 0.3 is 0 Å². The molecular formula is C19H26N4O3S. The molecule has 7 nitrogen and oxygen atoms in total. The molecule has 0 radical (unpaired) electrons. The van der Waals surface area contributed by atoms with Gasteiger partial charge in [-0.25, -0.2) is 0 Å². The fourth-order valence-electron chi connectivity index (χ4n) is 3.02. The van der Waals surface area contributed by atoms with Crippen LogP contribution in [0.2, 0.25) is 0 Å². The normalized spacial score (nSPS) is 16.6. The largest absolute Gasteiger partial charge is 0.492 e. The van der Waals surface area contributed by atoms with E-state index in [0.29, 0.717) is 19.6 Å². The highest BCUT2D eigenvalue weighted by Crippen LogP contribution is 2.23. The van der Waals surface area contributed by atoms with Gasteiger partial charge in [0.05, 0.1) is 19.3 Å². The number of para-hydroxylation sites is 1. The number of aromatic nitrogens is 3. The highest BCUT2D eigenvalue weighted by atomic mass is 32.2. The van der Waals surface area contributed by atoms with Crippen molar-refractivity contribution in [2.24, 2.45) is 5.73 Å². The average Bonchev–Trinajstić information content (AvgIpc) is 3.29. The Labute approximate surface area is 163 Å². The van der Waals surface area contributed by atoms with Gasteiger partial charge in [0.2, 0.25) is 5.91 Å². The maximum atomic E-state index is 11.1. The Morgan fingerprint density at radius 3 is 3.00 bits per heavy atom. The second-order valence-electron chi connectivity index (χ2n) is 6.57. The Balaban J connectivity index is 1.59. The van der Waals surface area contributed by atoms with Gasteiger partial charge in [-0.2, -0.15) is 0 Å². The van der Waals surface area contributed by atoms with Crippen molar-refractivity contribution in [3.05, 3.63) is 35.7 Å². The van der Waals surface area contributed by atoms with Crippen LogP contribution in [0.4, 0.5) is 0 Å². The van der Waals surface area contributed by atoms with Gasteiger partial charge < -0.3 is 19.8 Å². The number of carbonyl (C=O) groups excluding carboxylic acids is 1. The molecular weight excluding hydrogens is 364 g/mol. The van der Waals surface area contributed by atoms with E-state index < -0.39 is 0 Å². The van der Waals surface area contributed by atoms with Crippen LogP contribution in [-0.4, -0.2) is 45.7 Å². The first-order valence-corrected chi connectivity index (χ1v) is 10.2. The summed E-state index contributed by atoms with van der Waals surface area (Å²) in [5.74, 6) is 2.11. The molecule has 1 aliphatic rings. The second-order valence-corrected chi connectivity index (χ2v) is 7.64. The van der Waals surface area contributed by atoms with Gasteiger partial charge in [0.1, 0.15) is 11.6 Å². The Morgan fingerprint density at radius 1 is 1.41 bits per heavy atom. The maximum Gasteiger partial charge on any atom is 0.217 e. The molecule has 0 spiro atoms. The molecule has 2 heterocycles. The monoisotopic (exact) mass is 390 g/mol. The smallest absolute Gasteiger partial charge is 0.217 e. The average molecular weight is 391 g/mol. The molecule has 1 saturated heterocycles. The van der Waals surface area contributed by atoms with Crippen LogP contribution in [0, 0.1) is 6.92 Å². The molecule has 1 aromatic carbocycles. The van der Waals surface area contributed by atoms with Crippen LogP contribution in [0.5, 0.6) is 5.75 Å². The maximum absolute atomic E-state index is 11.1. The lowest BCUT2D eigenvalue weighted by molar-refractivity contribution is -0.118. The summed E-state index contributed by atoms with van der Waals surface area (Å²) in [6, 6.07) is 7.98. The highest BCUT2D eigenvalue weighted by Gasteiger charge is 2.21. The number of carbonyl (C=O) groups is 1. The van der Waals surface area contributed by atoms with Crippen molar-refractivity contribution in [3.8, 4) is 5.75 Å². The van der Waals surface area contributed by atoms with E-state index in [0.717, 1.165) is 47.5 Å². The zero-order chi connectivity index (χ0) is 19.1. The minimum atomic E-state index is -0.331. The number of benzene rings is 1. The minimum absolute atomic E-state index is 0.177. The summed E-state index contributed by atoms with van der Waals surface area (Å²) in [6.07, 6.45) is 3.06. The Bertz CT molecular complexity index is 759. The number of ether oxygens (including phenoxy) is 2. The van der Waals surface area contributed by atoms with E-state index in [4.69, 9.17) is 15.2 Å². The first-order chi connectivity index (χ1) is 13.1. The van der Waals surface area contributed by atoms with E-state index in [9.17, 15) is 4.79 Å². The quantitative estimate of drug-likeness (QED) is 0.494. The lowest BCUT2D eigenvalue weighted by Crippen LogP contribution is -2.19. The zero-order valence-corrected chi connectivity index (χ0v) is 16.4. The summed E-state index contributed by atoms with van der Waals surface area (Å²) >= 11 is 1.60. The number of rotatable bonds is 10. The van der Waals surface area contributed by atoms with Crippen molar-refractivity contribution in [3.63, 3.8) is 0 Å². The van der Waals surface area contributed by atoms with Crippen molar-refractivity contribution in [2.45, 2.75) is 50.4 Å². The van der Waals surface area contributed by atoms with Crippen molar-refractivity contribution >= 4 is 17.7 Å². The van der Waals surface area contributed by atoms with Gasteiger partial charge in [0.15, 0.2) is 5.16 Å². The first kappa shape index (κ1) is 19.7. The lowest BCUT2D eigenvalue weighted by Gasteiger charge is -2.14. The van der Waals surface area contributed by atoms with E-state index in [1.165, 1.54) is 0 Å². The van der Waals surface area contributed by atoms with Crippen molar-refractivity contribution in [2.75, 3.05) is 19.0 Å². The van der Waals surface area contributed by atoms with Crippen LogP contribution in [0.15, 0.2) is 29.4 Å². The predicted octanol–water partition coefficient (Wildman–Crippen LogP) is 2.35. The fourth-order valence-corrected chi connectivity index (χ4v) is 3.81. The molecule has 1 aliphatic heterocycles. The molecule has 1 atom stereocenters. The van der Waals surface area contributed by atoms with Crippen molar-refractivity contribution < 1.29 is 14.3 Å². The molecule has 0 saturated carbocycles. The summed E-state index contributed by atoms with van der Waals surface area (Å²) in [7, 11) is 0. The van der Waals surface area contributed by atoms with Gasteiger partial charge in [-0.1, -0.05) is 30.0 Å². The van der Waals surface area contributed by atoms with Gasteiger partial charge in [0, 0.05) is 25.2 Å². The summed E-state index contributed by atoms with van der Waals surface area (Å²) in [4.78, 5) is 11.1. The molecule has 1 fully saturated rings. The molecule has 3 rings (SSSR count). The SMILES string of the molecule is Cc1ccccc1OCCSc1nnc(CCC(N)=O)n1CC1CCCO1. The van der Waals surface area contributed by atoms with Gasteiger partial charge in [-0.05, 0) is 31.4 Å². The number of hydrogen-bond donors (Lipinski definition) is 1. The molecule has 0 bridgehead atoms. The van der Waals surface area contributed by atoms with Crippen LogP contribution in [0.25, 0.3) is 0 Å². The van der Waals surface area contributed by atoms with Crippen LogP contribution < -0.4 is 10.5 Å². The third kappa shape index (κ3) is 5.71. The van der Waals surface area contributed by atoms with Gasteiger partial charge in [0.25, 0.3) is 0 Å². The van der Waals surface area contributed by atoms with E-state index in [1.807, 2.05) is 31.2 Å². The van der Waals surface area contributed by atoms with Crippen LogP contribution >= 0.6 is 11.8 Å². The minimum Gasteiger partial charge on any atom is -0.492 e. The number of nitrogens with zero attached hydrogens (tertiary/aromatic N) is 3. The fraction of sp³-hybridized carbons (Fsp3) is 0.526. The number of amides is 1. The third-order valence-electron chi connectivity index (χ3n) is 4.46. The summed E-state index contributed by atoms with van der Waals surface area (Å²) in [5.41, 5.74) is 6.41. The van der Waals surface area contributed by atoms with Crippen molar-refractivity contribution in [1.29, 1.82) is 0 Å². The molecule has 8 heteroatoms. The molecule has 2 N–H and O–H groups in total. The number of nitrogens with two attached hydrogens (primary N) is 1. The van der Waals surface area contributed by atoms with E-state index in [-0.39, 0.29) is 18.4 Å². The molecule has 146 valence electrons. The van der Waals surface area contributed by atoms with Crippen molar-refractivity contribution in [1.82, 2.24) is 14.8 Å². The van der Waals surface area contributed by atoms with Gasteiger partial charge in [-0.3, -0.25) is 4.79 Å². The highest BCUT2D eigenvalue weighted by molar-refractivity contribution is 7.99. The zero-order valence-electron chi connectivity index (χ0n) is 15.6. The van der Waals surface area contributed by atoms with Gasteiger partial charge in [-0.15, -0.1) is 10.2 Å². The molecule has 1 amide bonds. The van der Waals surface area contributed by atoms with Crippen LogP contribution in [0.3, 0.4) is 0 Å². The Kier molecular flexibility index (Phi) is 7.11. The Morgan fingerprint density at radius 2 is 2.26 bits per heavy atom. The van der Waals surface area contributed by atoms with Crippen LogP contribution in [0.1, 0.15) is 30.7 Å². The first-order valence-electron chi connectivity index (χ1n) is 9.26. The number of primary amides is 1. The number of thioether (sulfide) groups is 1. The third-order valence-corrected chi connectivity index (χ3v) is 5.40. The second kappa shape index (κ2) is 9.75. The lowest BCUT2D eigenvalue weighted by atomic mass is 10.2. The van der Waals surface area contributed by atoms with E-state index in [1.54, 1.807) is 11.8 Å². The van der Waals surface area contributed by atoms with E-state index in [2.05, 4.69) is 14.8 Å². The molecule has 27 heavy (non-hydrogen) atoms. The number of hydrogen-bond acceptors (Lipinski definition) is 6. The predicted molar refractivity (Wildman–Crippen MR) is 104 cm³/mol. The summed E-state index contributed by atoms with van der Waals surface area (Å²) < 4.78 is 13.7. The van der Waals surface area contributed by atoms with Crippen LogP contribution in [-0.2, 0) is 22.5 Å². The number of aryl methyl sites for hydroxylation is 2. The topological polar surface area (TPSA) is 92.3 Å². The van der Waals surface area contributed by atoms with E-state index >= 15 is 0 Å². The molecule has 2 aromatic rings.